The molecule has 2 aliphatic heterocycles. The van der Waals surface area contributed by atoms with Crippen molar-refractivity contribution in [2.75, 3.05) is 31.1 Å². The summed E-state index contributed by atoms with van der Waals surface area (Å²) in [5, 5.41) is 15.2. The summed E-state index contributed by atoms with van der Waals surface area (Å²) in [7, 11) is 0. The number of hydrogen-bond acceptors (Lipinski definition) is 3. The maximum Gasteiger partial charge on any atom is 0.335 e. The van der Waals surface area contributed by atoms with E-state index in [4.69, 9.17) is 11.6 Å². The Balaban J connectivity index is 1.48. The van der Waals surface area contributed by atoms with E-state index >= 15 is 0 Å². The first-order valence-electron chi connectivity index (χ1n) is 13.7. The summed E-state index contributed by atoms with van der Waals surface area (Å²) in [5.41, 5.74) is 6.61. The molecule has 1 aromatic heterocycles. The van der Waals surface area contributed by atoms with Crippen LogP contribution in [0.2, 0.25) is 5.02 Å². The van der Waals surface area contributed by atoms with Crippen LogP contribution >= 0.6 is 11.6 Å². The van der Waals surface area contributed by atoms with E-state index in [1.165, 1.54) is 79.3 Å². The van der Waals surface area contributed by atoms with E-state index in [-0.39, 0.29) is 0 Å². The predicted molar refractivity (Wildman–Crippen MR) is 148 cm³/mol. The number of nitrogens with one attached hydrogen (secondary N) is 1. The van der Waals surface area contributed by atoms with Crippen LogP contribution in [-0.4, -0.2) is 41.8 Å². The van der Waals surface area contributed by atoms with Crippen LogP contribution in [0.25, 0.3) is 22.2 Å². The van der Waals surface area contributed by atoms with Gasteiger partial charge in [0.25, 0.3) is 0 Å². The summed E-state index contributed by atoms with van der Waals surface area (Å²) in [6, 6.07) is 12.1. The molecular weight excluding hydrogens is 470 g/mol. The topological polar surface area (TPSA) is 57.5 Å². The van der Waals surface area contributed by atoms with E-state index in [9.17, 15) is 9.90 Å². The molecular formula is C30H36ClN3O2. The molecule has 2 aromatic carbocycles. The number of carboxylic acid groups (broad SMARTS) is 1. The Morgan fingerprint density at radius 1 is 1.00 bits per heavy atom. The highest BCUT2D eigenvalue weighted by molar-refractivity contribution is 6.31. The van der Waals surface area contributed by atoms with Crippen LogP contribution in [0.1, 0.15) is 73.2 Å². The fourth-order valence-electron chi connectivity index (χ4n) is 6.89. The summed E-state index contributed by atoms with van der Waals surface area (Å²) < 4.78 is 2.42. The van der Waals surface area contributed by atoms with Crippen molar-refractivity contribution < 1.29 is 9.90 Å². The summed E-state index contributed by atoms with van der Waals surface area (Å²) in [6.07, 6.45) is 9.95. The highest BCUT2D eigenvalue weighted by Crippen LogP contribution is 2.48. The number of aromatic nitrogens is 1. The van der Waals surface area contributed by atoms with Crippen LogP contribution < -0.4 is 10.2 Å². The van der Waals surface area contributed by atoms with Gasteiger partial charge in [0.05, 0.1) is 11.3 Å². The van der Waals surface area contributed by atoms with Crippen LogP contribution in [0.5, 0.6) is 0 Å². The van der Waals surface area contributed by atoms with Crippen molar-refractivity contribution in [3.63, 3.8) is 0 Å². The highest BCUT2D eigenvalue weighted by Gasteiger charge is 2.31. The lowest BCUT2D eigenvalue weighted by molar-refractivity contribution is 0.0697. The average molecular weight is 506 g/mol. The van der Waals surface area contributed by atoms with Crippen LogP contribution in [0.3, 0.4) is 0 Å². The van der Waals surface area contributed by atoms with Crippen LogP contribution in [0.15, 0.2) is 36.4 Å². The van der Waals surface area contributed by atoms with E-state index < -0.39 is 5.97 Å². The Morgan fingerprint density at radius 3 is 2.58 bits per heavy atom. The van der Waals surface area contributed by atoms with Crippen molar-refractivity contribution in [2.45, 2.75) is 63.8 Å². The number of hydrogen-bond donors (Lipinski definition) is 2. The molecule has 0 unspecified atom stereocenters. The number of fused-ring (bicyclic) bond motifs is 5. The zero-order valence-corrected chi connectivity index (χ0v) is 21.7. The standard InChI is InChI=1S/C30H36ClN3O2/c31-23-7-9-25-26(19-23)33(15-12-20-10-13-32-14-11-20)16-17-34-27-18-22(30(35)36)6-8-24(27)28(29(25)34)21-4-2-1-3-5-21/h6-9,18-21,32H,1-5,10-17H2,(H,35,36). The van der Waals surface area contributed by atoms with Crippen molar-refractivity contribution in [1.29, 1.82) is 0 Å². The number of carbonyl (C=O) groups is 1. The molecule has 5 nitrogen and oxygen atoms in total. The maximum atomic E-state index is 11.9. The van der Waals surface area contributed by atoms with Crippen molar-refractivity contribution in [3.05, 3.63) is 52.5 Å². The minimum absolute atomic E-state index is 0.362. The summed E-state index contributed by atoms with van der Waals surface area (Å²) >= 11 is 6.59. The number of carboxylic acids is 1. The van der Waals surface area contributed by atoms with Gasteiger partial charge in [-0.1, -0.05) is 36.9 Å². The van der Waals surface area contributed by atoms with Gasteiger partial charge in [0, 0.05) is 46.8 Å². The Morgan fingerprint density at radius 2 is 1.81 bits per heavy atom. The second kappa shape index (κ2) is 10.1. The Hall–Kier alpha value is -2.50. The maximum absolute atomic E-state index is 11.9. The van der Waals surface area contributed by atoms with Gasteiger partial charge in [0.1, 0.15) is 0 Å². The lowest BCUT2D eigenvalue weighted by Crippen LogP contribution is -2.32. The molecule has 1 saturated heterocycles. The molecule has 1 saturated carbocycles. The molecule has 0 radical (unpaired) electrons. The lowest BCUT2D eigenvalue weighted by Gasteiger charge is -2.29. The van der Waals surface area contributed by atoms with Gasteiger partial charge in [0.2, 0.25) is 0 Å². The van der Waals surface area contributed by atoms with Gasteiger partial charge in [-0.3, -0.25) is 0 Å². The third-order valence-electron chi connectivity index (χ3n) is 8.78. The smallest absolute Gasteiger partial charge is 0.335 e. The summed E-state index contributed by atoms with van der Waals surface area (Å²) in [5.74, 6) is 0.418. The fourth-order valence-corrected chi connectivity index (χ4v) is 7.05. The molecule has 0 atom stereocenters. The van der Waals surface area contributed by atoms with Crippen LogP contribution in [-0.2, 0) is 6.54 Å². The zero-order valence-electron chi connectivity index (χ0n) is 20.9. The molecule has 0 spiro atoms. The Labute approximate surface area is 218 Å². The molecule has 3 aromatic rings. The molecule has 6 heteroatoms. The summed E-state index contributed by atoms with van der Waals surface area (Å²) in [6.45, 7) is 5.03. The average Bonchev–Trinajstić information content (AvgIpc) is 3.14. The number of anilines is 1. The summed E-state index contributed by atoms with van der Waals surface area (Å²) in [4.78, 5) is 14.4. The zero-order chi connectivity index (χ0) is 24.6. The number of benzene rings is 2. The number of halogens is 1. The monoisotopic (exact) mass is 505 g/mol. The van der Waals surface area contributed by atoms with Gasteiger partial charge >= 0.3 is 5.97 Å². The quantitative estimate of drug-likeness (QED) is 0.395. The van der Waals surface area contributed by atoms with Crippen molar-refractivity contribution >= 4 is 34.2 Å². The van der Waals surface area contributed by atoms with E-state index in [1.807, 2.05) is 12.1 Å². The van der Waals surface area contributed by atoms with Gasteiger partial charge in [-0.15, -0.1) is 0 Å². The molecule has 2 fully saturated rings. The molecule has 3 aliphatic rings. The molecule has 0 bridgehead atoms. The van der Waals surface area contributed by atoms with Gasteiger partial charge in [-0.05, 0) is 92.9 Å². The lowest BCUT2D eigenvalue weighted by atomic mass is 9.81. The van der Waals surface area contributed by atoms with Crippen LogP contribution in [0.4, 0.5) is 5.69 Å². The molecule has 1 aliphatic carbocycles. The van der Waals surface area contributed by atoms with Crippen molar-refractivity contribution in [3.8, 4) is 11.3 Å². The van der Waals surface area contributed by atoms with E-state index in [1.54, 1.807) is 6.07 Å². The normalized spacial score (nSPS) is 19.2. The van der Waals surface area contributed by atoms with E-state index in [0.29, 0.717) is 11.5 Å². The molecule has 6 rings (SSSR count). The molecule has 0 amide bonds. The van der Waals surface area contributed by atoms with Crippen molar-refractivity contribution in [1.82, 2.24) is 9.88 Å². The van der Waals surface area contributed by atoms with Crippen molar-refractivity contribution in [2.24, 2.45) is 5.92 Å². The predicted octanol–water partition coefficient (Wildman–Crippen LogP) is 6.92. The van der Waals surface area contributed by atoms with Gasteiger partial charge in [-0.25, -0.2) is 4.79 Å². The minimum atomic E-state index is -0.865. The van der Waals surface area contributed by atoms with Crippen LogP contribution in [0, 0.1) is 5.92 Å². The number of aromatic carboxylic acids is 1. The van der Waals surface area contributed by atoms with E-state index in [0.717, 1.165) is 49.2 Å². The fraction of sp³-hybridized carbons (Fsp3) is 0.500. The largest absolute Gasteiger partial charge is 0.478 e. The molecule has 2 N–H and O–H groups in total. The third kappa shape index (κ3) is 4.41. The number of piperidine rings is 1. The Bertz CT molecular complexity index is 1270. The third-order valence-corrected chi connectivity index (χ3v) is 9.01. The molecule has 190 valence electrons. The highest BCUT2D eigenvalue weighted by atomic mass is 35.5. The first-order chi connectivity index (χ1) is 17.6. The van der Waals surface area contributed by atoms with Gasteiger partial charge in [-0.2, -0.15) is 0 Å². The molecule has 3 heterocycles. The second-order valence-electron chi connectivity index (χ2n) is 10.9. The number of nitrogens with zero attached hydrogens (tertiary/aromatic N) is 2. The van der Waals surface area contributed by atoms with E-state index in [2.05, 4.69) is 33.0 Å². The van der Waals surface area contributed by atoms with Gasteiger partial charge < -0.3 is 19.9 Å². The second-order valence-corrected chi connectivity index (χ2v) is 11.4. The minimum Gasteiger partial charge on any atom is -0.478 e. The first kappa shape index (κ1) is 23.9. The Kier molecular flexibility index (Phi) is 6.70. The first-order valence-corrected chi connectivity index (χ1v) is 14.1. The van der Waals surface area contributed by atoms with Gasteiger partial charge in [0.15, 0.2) is 0 Å². The SMILES string of the molecule is O=C(O)c1ccc2c(C3CCCCC3)c3n(c2c1)CCN(CCC1CCNCC1)c1cc(Cl)ccc1-3. The molecule has 36 heavy (non-hydrogen) atoms. The number of rotatable bonds is 5.